The van der Waals surface area contributed by atoms with Crippen molar-refractivity contribution in [1.82, 2.24) is 15.3 Å². The van der Waals surface area contributed by atoms with E-state index in [0.717, 1.165) is 30.2 Å². The van der Waals surface area contributed by atoms with E-state index >= 15 is 0 Å². The molecule has 3 rings (SSSR count). The summed E-state index contributed by atoms with van der Waals surface area (Å²) in [5.41, 5.74) is 2.06. The number of anilines is 2. The van der Waals surface area contributed by atoms with Gasteiger partial charge in [-0.2, -0.15) is 4.98 Å². The van der Waals surface area contributed by atoms with E-state index in [9.17, 15) is 4.79 Å². The Morgan fingerprint density at radius 1 is 1.16 bits per heavy atom. The molecular formula is C17H27N5O3. The van der Waals surface area contributed by atoms with E-state index in [1.165, 1.54) is 6.92 Å². The molecule has 1 N–H and O–H groups in total. The van der Waals surface area contributed by atoms with E-state index in [-0.39, 0.29) is 24.2 Å². The molecule has 3 heterocycles. The average Bonchev–Trinajstić information content (AvgIpc) is 2.86. The van der Waals surface area contributed by atoms with Crippen molar-refractivity contribution in [3.63, 3.8) is 0 Å². The van der Waals surface area contributed by atoms with Crippen LogP contribution < -0.4 is 15.1 Å². The van der Waals surface area contributed by atoms with Crippen LogP contribution in [-0.2, 0) is 14.3 Å². The summed E-state index contributed by atoms with van der Waals surface area (Å²) in [7, 11) is 3.88. The van der Waals surface area contributed by atoms with Gasteiger partial charge in [-0.1, -0.05) is 0 Å². The SMILES string of the molecule is CC(=O)NC1CO[C@H]2CN(c3nc(N(C)C)nc(C)c3C)C[C@@H]2OC1. The minimum absolute atomic E-state index is 0.0174. The summed E-state index contributed by atoms with van der Waals surface area (Å²) < 4.78 is 12.0. The summed E-state index contributed by atoms with van der Waals surface area (Å²) in [6.45, 7) is 7.96. The monoisotopic (exact) mass is 349 g/mol. The molecule has 8 nitrogen and oxygen atoms in total. The molecule has 8 heteroatoms. The Balaban J connectivity index is 1.73. The highest BCUT2D eigenvalue weighted by molar-refractivity contribution is 5.73. The Morgan fingerprint density at radius 2 is 1.76 bits per heavy atom. The first kappa shape index (κ1) is 17.9. The number of carbonyl (C=O) groups excluding carboxylic acids is 1. The number of aromatic nitrogens is 2. The number of ether oxygens (including phenoxy) is 2. The fraction of sp³-hybridized carbons (Fsp3) is 0.706. The zero-order chi connectivity index (χ0) is 18.1. The van der Waals surface area contributed by atoms with Gasteiger partial charge in [0.1, 0.15) is 18.0 Å². The van der Waals surface area contributed by atoms with Gasteiger partial charge in [-0.3, -0.25) is 4.79 Å². The number of aryl methyl sites for hydroxylation is 1. The third kappa shape index (κ3) is 3.85. The van der Waals surface area contributed by atoms with Crippen LogP contribution in [0.25, 0.3) is 0 Å². The number of nitrogens with zero attached hydrogens (tertiary/aromatic N) is 4. The summed E-state index contributed by atoms with van der Waals surface area (Å²) in [6, 6.07) is -0.0834. The lowest BCUT2D eigenvalue weighted by atomic mass is 10.2. The van der Waals surface area contributed by atoms with Gasteiger partial charge in [-0.15, -0.1) is 0 Å². The Labute approximate surface area is 148 Å². The van der Waals surface area contributed by atoms with E-state index in [1.807, 2.05) is 32.8 Å². The molecule has 2 saturated heterocycles. The van der Waals surface area contributed by atoms with Gasteiger partial charge in [-0.25, -0.2) is 4.98 Å². The number of carbonyl (C=O) groups is 1. The molecule has 0 saturated carbocycles. The molecule has 0 aromatic carbocycles. The van der Waals surface area contributed by atoms with Crippen LogP contribution in [0.2, 0.25) is 0 Å². The minimum Gasteiger partial charge on any atom is -0.371 e. The van der Waals surface area contributed by atoms with Crippen LogP contribution in [0.4, 0.5) is 11.8 Å². The standard InChI is InChI=1S/C17H27N5O3/c1-10-11(2)18-17(21(4)5)20-16(10)22-6-14-15(7-22)25-9-13(8-24-14)19-12(3)23/h13-15H,6-9H2,1-5H3,(H,19,23)/t14-,15-/m0/s1. The van der Waals surface area contributed by atoms with E-state index in [0.29, 0.717) is 19.2 Å². The smallest absolute Gasteiger partial charge is 0.227 e. The maximum atomic E-state index is 11.2. The zero-order valence-electron chi connectivity index (χ0n) is 15.6. The van der Waals surface area contributed by atoms with Gasteiger partial charge < -0.3 is 24.6 Å². The van der Waals surface area contributed by atoms with Crippen molar-refractivity contribution in [3.05, 3.63) is 11.3 Å². The largest absolute Gasteiger partial charge is 0.371 e. The van der Waals surface area contributed by atoms with Gasteiger partial charge in [0.15, 0.2) is 0 Å². The van der Waals surface area contributed by atoms with Crippen LogP contribution in [-0.4, -0.2) is 74.5 Å². The molecule has 138 valence electrons. The number of rotatable bonds is 3. The van der Waals surface area contributed by atoms with E-state index in [2.05, 4.69) is 15.2 Å². The van der Waals surface area contributed by atoms with Crippen LogP contribution in [0.3, 0.4) is 0 Å². The molecule has 2 aliphatic heterocycles. The van der Waals surface area contributed by atoms with Gasteiger partial charge >= 0.3 is 0 Å². The fourth-order valence-electron chi connectivity index (χ4n) is 3.24. The third-order valence-corrected chi connectivity index (χ3v) is 4.70. The van der Waals surface area contributed by atoms with Crippen molar-refractivity contribution in [3.8, 4) is 0 Å². The van der Waals surface area contributed by atoms with Crippen molar-refractivity contribution in [1.29, 1.82) is 0 Å². The summed E-state index contributed by atoms with van der Waals surface area (Å²) in [5, 5.41) is 2.86. The summed E-state index contributed by atoms with van der Waals surface area (Å²) >= 11 is 0. The molecule has 0 radical (unpaired) electrons. The fourth-order valence-corrected chi connectivity index (χ4v) is 3.24. The van der Waals surface area contributed by atoms with Crippen LogP contribution in [0, 0.1) is 13.8 Å². The minimum atomic E-state index is -0.0834. The molecule has 1 amide bonds. The molecule has 0 aliphatic carbocycles. The van der Waals surface area contributed by atoms with Crippen molar-refractivity contribution >= 4 is 17.7 Å². The second-order valence-electron chi connectivity index (χ2n) is 7.00. The van der Waals surface area contributed by atoms with Crippen molar-refractivity contribution < 1.29 is 14.3 Å². The molecule has 0 spiro atoms. The lowest BCUT2D eigenvalue weighted by Gasteiger charge is -2.23. The number of hydrogen-bond acceptors (Lipinski definition) is 7. The summed E-state index contributed by atoms with van der Waals surface area (Å²) in [4.78, 5) is 24.6. The average molecular weight is 349 g/mol. The maximum Gasteiger partial charge on any atom is 0.227 e. The molecule has 0 bridgehead atoms. The van der Waals surface area contributed by atoms with Crippen molar-refractivity contribution in [2.75, 3.05) is 50.2 Å². The maximum absolute atomic E-state index is 11.2. The second kappa shape index (κ2) is 7.13. The Kier molecular flexibility index (Phi) is 5.10. The number of amides is 1. The summed E-state index contributed by atoms with van der Waals surface area (Å²) in [5.74, 6) is 1.59. The first-order valence-corrected chi connectivity index (χ1v) is 8.63. The molecule has 0 unspecified atom stereocenters. The Hall–Kier alpha value is -1.93. The second-order valence-corrected chi connectivity index (χ2v) is 7.00. The normalized spacial score (nSPS) is 24.0. The van der Waals surface area contributed by atoms with Crippen LogP contribution in [0.5, 0.6) is 0 Å². The van der Waals surface area contributed by atoms with Crippen molar-refractivity contribution in [2.24, 2.45) is 0 Å². The first-order valence-electron chi connectivity index (χ1n) is 8.63. The van der Waals surface area contributed by atoms with Gasteiger partial charge in [-0.05, 0) is 13.8 Å². The number of hydrogen-bond donors (Lipinski definition) is 1. The summed E-state index contributed by atoms with van der Waals surface area (Å²) in [6.07, 6.45) is -0.0347. The zero-order valence-corrected chi connectivity index (χ0v) is 15.6. The lowest BCUT2D eigenvalue weighted by molar-refractivity contribution is -0.120. The molecule has 2 fully saturated rings. The molecule has 1 aromatic heterocycles. The van der Waals surface area contributed by atoms with Crippen LogP contribution in [0.15, 0.2) is 0 Å². The molecule has 2 aliphatic rings. The topological polar surface area (TPSA) is 79.8 Å². The predicted molar refractivity (Wildman–Crippen MR) is 95.1 cm³/mol. The predicted octanol–water partition coefficient (Wildman–Crippen LogP) is 0.268. The highest BCUT2D eigenvalue weighted by atomic mass is 16.6. The van der Waals surface area contributed by atoms with Crippen LogP contribution >= 0.6 is 0 Å². The quantitative estimate of drug-likeness (QED) is 0.839. The highest BCUT2D eigenvalue weighted by Crippen LogP contribution is 2.28. The third-order valence-electron chi connectivity index (χ3n) is 4.70. The number of nitrogens with one attached hydrogen (secondary N) is 1. The lowest BCUT2D eigenvalue weighted by Crippen LogP contribution is -2.40. The van der Waals surface area contributed by atoms with Crippen LogP contribution in [0.1, 0.15) is 18.2 Å². The first-order chi connectivity index (χ1) is 11.8. The molecule has 2 atom stereocenters. The number of fused-ring (bicyclic) bond motifs is 1. The Bertz CT molecular complexity index is 635. The van der Waals surface area contributed by atoms with Gasteiger partial charge in [0, 0.05) is 45.4 Å². The molecule has 1 aromatic rings. The molecule has 25 heavy (non-hydrogen) atoms. The van der Waals surface area contributed by atoms with Gasteiger partial charge in [0.05, 0.1) is 19.3 Å². The highest BCUT2D eigenvalue weighted by Gasteiger charge is 2.38. The van der Waals surface area contributed by atoms with Gasteiger partial charge in [0.2, 0.25) is 11.9 Å². The van der Waals surface area contributed by atoms with E-state index in [4.69, 9.17) is 14.5 Å². The van der Waals surface area contributed by atoms with Crippen molar-refractivity contribution in [2.45, 2.75) is 39.0 Å². The van der Waals surface area contributed by atoms with E-state index < -0.39 is 0 Å². The Morgan fingerprint density at radius 3 is 2.28 bits per heavy atom. The van der Waals surface area contributed by atoms with E-state index in [1.54, 1.807) is 0 Å². The van der Waals surface area contributed by atoms with Gasteiger partial charge in [0.25, 0.3) is 0 Å². The molecular weight excluding hydrogens is 322 g/mol.